The van der Waals surface area contributed by atoms with Gasteiger partial charge < -0.3 is 35.6 Å². The Hall–Kier alpha value is -3.18. The van der Waals surface area contributed by atoms with Crippen LogP contribution < -0.4 is 30.9 Å². The van der Waals surface area contributed by atoms with Gasteiger partial charge in [0.05, 0.1) is 17.5 Å². The van der Waals surface area contributed by atoms with Crippen molar-refractivity contribution < 1.29 is 28.7 Å². The molecule has 1 aromatic carbocycles. The highest BCUT2D eigenvalue weighted by Crippen LogP contribution is 2.43. The number of primary amides is 1. The van der Waals surface area contributed by atoms with Gasteiger partial charge in [-0.1, -0.05) is 0 Å². The minimum Gasteiger partial charge on any atom is -0.476 e. The third kappa shape index (κ3) is 6.19. The Morgan fingerprint density at radius 3 is 2.56 bits per heavy atom. The van der Waals surface area contributed by atoms with Crippen LogP contribution in [0.2, 0.25) is 0 Å². The van der Waals surface area contributed by atoms with E-state index in [1.807, 2.05) is 23.1 Å². The summed E-state index contributed by atoms with van der Waals surface area (Å²) < 4.78 is 11.2. The van der Waals surface area contributed by atoms with E-state index in [0.29, 0.717) is 56.2 Å². The SMILES string of the molecule is COCCCN1C(=O)C(C)(C)Oc2ccc(N(C(=O)[C@H]3CNC[C@@H](C(=O)NC(C)(C)C(N)=O)C3)C3CC3)cc21. The zero-order valence-electron chi connectivity index (χ0n) is 23.5. The first kappa shape index (κ1) is 28.8. The van der Waals surface area contributed by atoms with Gasteiger partial charge in [0, 0.05) is 45.1 Å². The fourth-order valence-electron chi connectivity index (χ4n) is 5.14. The largest absolute Gasteiger partial charge is 0.476 e. The molecule has 1 saturated carbocycles. The van der Waals surface area contributed by atoms with Gasteiger partial charge in [-0.05, 0) is 71.6 Å². The maximum atomic E-state index is 13.9. The van der Waals surface area contributed by atoms with E-state index in [2.05, 4.69) is 10.6 Å². The van der Waals surface area contributed by atoms with Crippen molar-refractivity contribution >= 4 is 35.0 Å². The number of fused-ring (bicyclic) bond motifs is 1. The molecule has 2 aliphatic heterocycles. The first-order chi connectivity index (χ1) is 18.4. The Morgan fingerprint density at radius 1 is 1.23 bits per heavy atom. The first-order valence-electron chi connectivity index (χ1n) is 13.7. The van der Waals surface area contributed by atoms with E-state index in [9.17, 15) is 19.2 Å². The molecule has 2 heterocycles. The Morgan fingerprint density at radius 2 is 1.92 bits per heavy atom. The predicted octanol–water partition coefficient (Wildman–Crippen LogP) is 1.33. The van der Waals surface area contributed by atoms with Gasteiger partial charge in [0.1, 0.15) is 11.3 Å². The average Bonchev–Trinajstić information content (AvgIpc) is 3.71. The Labute approximate surface area is 229 Å². The van der Waals surface area contributed by atoms with E-state index in [4.69, 9.17) is 15.2 Å². The van der Waals surface area contributed by atoms with Crippen LogP contribution in [0.25, 0.3) is 0 Å². The van der Waals surface area contributed by atoms with Crippen molar-refractivity contribution in [1.82, 2.24) is 10.6 Å². The molecule has 0 unspecified atom stereocenters. The summed E-state index contributed by atoms with van der Waals surface area (Å²) in [5.41, 5.74) is 4.58. The molecule has 4 N–H and O–H groups in total. The Kier molecular flexibility index (Phi) is 8.22. The van der Waals surface area contributed by atoms with Gasteiger partial charge in [-0.15, -0.1) is 0 Å². The summed E-state index contributed by atoms with van der Waals surface area (Å²) in [5, 5.41) is 5.93. The zero-order valence-corrected chi connectivity index (χ0v) is 23.5. The van der Waals surface area contributed by atoms with Crippen molar-refractivity contribution in [3.05, 3.63) is 18.2 Å². The average molecular weight is 544 g/mol. The molecule has 3 aliphatic rings. The summed E-state index contributed by atoms with van der Waals surface area (Å²) in [4.78, 5) is 55.3. The van der Waals surface area contributed by atoms with Crippen molar-refractivity contribution in [2.24, 2.45) is 17.6 Å². The van der Waals surface area contributed by atoms with Gasteiger partial charge in [0.2, 0.25) is 17.7 Å². The number of rotatable bonds is 10. The van der Waals surface area contributed by atoms with Gasteiger partial charge in [0.15, 0.2) is 5.60 Å². The zero-order chi connectivity index (χ0) is 28.5. The molecule has 0 aromatic heterocycles. The fraction of sp³-hybridized carbons (Fsp3) is 0.643. The van der Waals surface area contributed by atoms with Crippen LogP contribution in [0.4, 0.5) is 11.4 Å². The van der Waals surface area contributed by atoms with Crippen molar-refractivity contribution in [2.75, 3.05) is 43.2 Å². The summed E-state index contributed by atoms with van der Waals surface area (Å²) in [6, 6.07) is 5.62. The van der Waals surface area contributed by atoms with Crippen LogP contribution in [-0.2, 0) is 23.9 Å². The quantitative estimate of drug-likeness (QED) is 0.378. The number of carbonyl (C=O) groups excluding carboxylic acids is 4. The highest BCUT2D eigenvalue weighted by Gasteiger charge is 2.43. The molecule has 0 bridgehead atoms. The molecule has 2 fully saturated rings. The third-order valence-corrected chi connectivity index (χ3v) is 7.64. The number of hydrogen-bond acceptors (Lipinski definition) is 7. The summed E-state index contributed by atoms with van der Waals surface area (Å²) in [6.45, 7) is 8.49. The maximum absolute atomic E-state index is 13.9. The number of methoxy groups -OCH3 is 1. The standard InChI is InChI=1S/C28H41N5O6/c1-27(2,25(29)36)31-23(34)17-13-18(16-30-15-17)24(35)33(19-7-8-19)20-9-10-22-21(14-20)32(11-6-12-38-5)26(37)28(3,4)39-22/h9-10,14,17-19,30H,6-8,11-13,15-16H2,1-5H3,(H2,29,36)(H,31,34)/t17-,18+/m0/s1. The molecule has 39 heavy (non-hydrogen) atoms. The van der Waals surface area contributed by atoms with Crippen LogP contribution in [0.3, 0.4) is 0 Å². The van der Waals surface area contributed by atoms with Crippen LogP contribution in [0.5, 0.6) is 5.75 Å². The Bertz CT molecular complexity index is 1130. The summed E-state index contributed by atoms with van der Waals surface area (Å²) in [5.74, 6) is -1.43. The number of nitrogens with one attached hydrogen (secondary N) is 2. The van der Waals surface area contributed by atoms with Gasteiger partial charge in [0.25, 0.3) is 5.91 Å². The minimum absolute atomic E-state index is 0.0640. The van der Waals surface area contributed by atoms with Crippen molar-refractivity contribution in [3.8, 4) is 5.75 Å². The molecular formula is C28H41N5O6. The molecule has 11 heteroatoms. The number of nitrogens with two attached hydrogens (primary N) is 1. The van der Waals surface area contributed by atoms with E-state index in [1.54, 1.807) is 39.7 Å². The van der Waals surface area contributed by atoms with E-state index >= 15 is 0 Å². The van der Waals surface area contributed by atoms with Crippen molar-refractivity contribution in [1.29, 1.82) is 0 Å². The van der Waals surface area contributed by atoms with Gasteiger partial charge in [-0.3, -0.25) is 19.2 Å². The third-order valence-electron chi connectivity index (χ3n) is 7.64. The summed E-state index contributed by atoms with van der Waals surface area (Å²) in [7, 11) is 1.63. The summed E-state index contributed by atoms with van der Waals surface area (Å²) >= 11 is 0. The van der Waals surface area contributed by atoms with Crippen LogP contribution >= 0.6 is 0 Å². The van der Waals surface area contributed by atoms with Crippen molar-refractivity contribution in [3.63, 3.8) is 0 Å². The number of hydrogen-bond donors (Lipinski definition) is 3. The smallest absolute Gasteiger partial charge is 0.270 e. The second kappa shape index (κ2) is 11.1. The van der Waals surface area contributed by atoms with Crippen LogP contribution in [0.15, 0.2) is 18.2 Å². The van der Waals surface area contributed by atoms with Crippen LogP contribution in [0, 0.1) is 11.8 Å². The number of anilines is 2. The maximum Gasteiger partial charge on any atom is 0.270 e. The molecule has 4 rings (SSSR count). The molecule has 2 atom stereocenters. The van der Waals surface area contributed by atoms with E-state index in [0.717, 1.165) is 12.8 Å². The minimum atomic E-state index is -1.18. The summed E-state index contributed by atoms with van der Waals surface area (Å²) in [6.07, 6.45) is 2.80. The second-order valence-electron chi connectivity index (χ2n) is 11.8. The molecule has 1 aliphatic carbocycles. The predicted molar refractivity (Wildman–Crippen MR) is 146 cm³/mol. The fourth-order valence-corrected chi connectivity index (χ4v) is 5.14. The molecule has 11 nitrogen and oxygen atoms in total. The lowest BCUT2D eigenvalue weighted by Crippen LogP contribution is -2.57. The highest BCUT2D eigenvalue weighted by molar-refractivity contribution is 6.04. The van der Waals surface area contributed by atoms with E-state index in [1.165, 1.54) is 0 Å². The van der Waals surface area contributed by atoms with Gasteiger partial charge in [-0.2, -0.15) is 0 Å². The first-order valence-corrected chi connectivity index (χ1v) is 13.7. The molecular weight excluding hydrogens is 502 g/mol. The molecule has 4 amide bonds. The molecule has 1 saturated heterocycles. The van der Waals surface area contributed by atoms with Crippen LogP contribution in [-0.4, -0.2) is 74.2 Å². The monoisotopic (exact) mass is 543 g/mol. The number of ether oxygens (including phenoxy) is 2. The van der Waals surface area contributed by atoms with Gasteiger partial charge in [-0.25, -0.2) is 0 Å². The second-order valence-corrected chi connectivity index (χ2v) is 11.8. The van der Waals surface area contributed by atoms with E-state index in [-0.39, 0.29) is 23.8 Å². The van der Waals surface area contributed by atoms with Gasteiger partial charge >= 0.3 is 0 Å². The number of benzene rings is 1. The topological polar surface area (TPSA) is 143 Å². The molecule has 0 radical (unpaired) electrons. The molecule has 0 spiro atoms. The number of amides is 4. The lowest BCUT2D eigenvalue weighted by molar-refractivity contribution is -0.134. The molecule has 1 aromatic rings. The Balaban J connectivity index is 1.56. The number of carbonyl (C=O) groups is 4. The van der Waals surface area contributed by atoms with Crippen LogP contribution in [0.1, 0.15) is 53.4 Å². The highest BCUT2D eigenvalue weighted by atomic mass is 16.5. The lowest BCUT2D eigenvalue weighted by atomic mass is 9.88. The number of nitrogens with zero attached hydrogens (tertiary/aromatic N) is 2. The molecule has 214 valence electrons. The van der Waals surface area contributed by atoms with Crippen molar-refractivity contribution in [2.45, 2.75) is 70.6 Å². The number of piperidine rings is 1. The normalized spacial score (nSPS) is 22.5. The lowest BCUT2D eigenvalue weighted by Gasteiger charge is -2.40. The van der Waals surface area contributed by atoms with E-state index < -0.39 is 28.9 Å².